The first kappa shape index (κ1) is 37.8. The fourth-order valence-electron chi connectivity index (χ4n) is 6.04. The van der Waals surface area contributed by atoms with Crippen LogP contribution < -0.4 is 23.7 Å². The average Bonchev–Trinajstić information content (AvgIpc) is 3.08. The number of esters is 2. The summed E-state index contributed by atoms with van der Waals surface area (Å²) in [6.45, 7) is 2.43. The van der Waals surface area contributed by atoms with Crippen LogP contribution >= 0.6 is 11.6 Å². The van der Waals surface area contributed by atoms with Crippen molar-refractivity contribution in [2.24, 2.45) is 0 Å². The molecule has 1 heterocycles. The number of rotatable bonds is 20. The number of halogens is 1. The van der Waals surface area contributed by atoms with E-state index in [9.17, 15) is 9.59 Å². The minimum absolute atomic E-state index is 0.0832. The molecule has 10 nitrogen and oxygen atoms in total. The number of hydrogen-bond acceptors (Lipinski definition) is 9. The van der Waals surface area contributed by atoms with Gasteiger partial charge < -0.3 is 37.6 Å². The number of hydrogen-bond donors (Lipinski definition) is 0. The number of carbonyl (C=O) groups excluding carboxylic acids is 2. The lowest BCUT2D eigenvalue weighted by atomic mass is 9.86. The van der Waals surface area contributed by atoms with Crippen molar-refractivity contribution in [3.05, 3.63) is 53.1 Å². The van der Waals surface area contributed by atoms with E-state index in [1.165, 1.54) is 11.1 Å². The lowest BCUT2D eigenvalue weighted by molar-refractivity contribution is -0.941. The summed E-state index contributed by atoms with van der Waals surface area (Å²) in [5.74, 6) is 3.20. The second kappa shape index (κ2) is 19.3. The van der Waals surface area contributed by atoms with Crippen LogP contribution in [0.4, 0.5) is 0 Å². The molecule has 2 aromatic rings. The van der Waals surface area contributed by atoms with Crippen LogP contribution in [-0.4, -0.2) is 91.2 Å². The molecule has 0 unspecified atom stereocenters. The van der Waals surface area contributed by atoms with Crippen LogP contribution in [0, 0.1) is 0 Å². The molecule has 3 rings (SSSR count). The summed E-state index contributed by atoms with van der Waals surface area (Å²) in [6, 6.07) is 8.28. The maximum Gasteiger partial charge on any atom is 0.306 e. The molecular formula is C36H51ClNO9+. The third-order valence-electron chi connectivity index (χ3n) is 8.62. The number of methoxy groups -OCH3 is 5. The van der Waals surface area contributed by atoms with Crippen LogP contribution in [-0.2, 0) is 31.9 Å². The Bertz CT molecular complexity index is 1320. The molecule has 0 saturated heterocycles. The number of likely N-dealkylation sites (N-methyl/N-ethyl adjacent to an activating group) is 1. The van der Waals surface area contributed by atoms with Crippen LogP contribution in [0.1, 0.15) is 61.3 Å². The SMILES string of the molecule is COc1cc2c(cc1OC)[C@@H](Cc1cc(OC)c(OC)c(OC)c1)[N@+](C)(CCCOC(=O)CC/C=C/CCC(=O)OCCCCl)CC2. The molecule has 0 saturated carbocycles. The molecule has 0 aliphatic carbocycles. The minimum Gasteiger partial charge on any atom is -0.493 e. The molecule has 1 aliphatic rings. The van der Waals surface area contributed by atoms with Crippen LogP contribution in [0.3, 0.4) is 0 Å². The van der Waals surface area contributed by atoms with Crippen molar-refractivity contribution < 1.29 is 47.2 Å². The number of allylic oxidation sites excluding steroid dienone is 2. The molecule has 0 radical (unpaired) electrons. The van der Waals surface area contributed by atoms with Gasteiger partial charge in [-0.15, -0.1) is 11.6 Å². The van der Waals surface area contributed by atoms with Crippen molar-refractivity contribution in [2.45, 2.75) is 57.4 Å². The van der Waals surface area contributed by atoms with E-state index >= 15 is 0 Å². The number of fused-ring (bicyclic) bond motifs is 1. The van der Waals surface area contributed by atoms with Gasteiger partial charge in [0.1, 0.15) is 6.04 Å². The number of benzene rings is 2. The summed E-state index contributed by atoms with van der Waals surface area (Å²) < 4.78 is 39.6. The first-order valence-corrected chi connectivity index (χ1v) is 16.7. The predicted octanol–water partition coefficient (Wildman–Crippen LogP) is 6.24. The molecule has 0 spiro atoms. The monoisotopic (exact) mass is 676 g/mol. The highest BCUT2D eigenvalue weighted by Crippen LogP contribution is 2.44. The maximum atomic E-state index is 12.4. The summed E-state index contributed by atoms with van der Waals surface area (Å²) in [5, 5.41) is 0. The fraction of sp³-hybridized carbons (Fsp3) is 0.556. The first-order chi connectivity index (χ1) is 22.7. The van der Waals surface area contributed by atoms with Crippen LogP contribution in [0.5, 0.6) is 28.7 Å². The Morgan fingerprint density at radius 3 is 1.87 bits per heavy atom. The van der Waals surface area contributed by atoms with E-state index in [2.05, 4.69) is 19.2 Å². The standard InChI is InChI=1S/C36H51ClNO9/c1-38(17-12-20-47-35(40)14-10-8-7-9-13-34(39)46-19-11-16-37)18-15-27-24-30(41-2)31(42-3)25-28(27)29(38)21-26-22-32(43-4)36(45-6)33(23-26)44-5/h7-8,22-25,29H,9-21H2,1-6H3/q+1/b8-7+/t29-,38-/m1/s1. The summed E-state index contributed by atoms with van der Waals surface area (Å²) in [7, 11) is 10.4. The van der Waals surface area contributed by atoms with Gasteiger partial charge in [-0.05, 0) is 54.7 Å². The molecule has 11 heteroatoms. The molecule has 0 bridgehead atoms. The molecule has 47 heavy (non-hydrogen) atoms. The Balaban J connectivity index is 1.65. The quantitative estimate of drug-likeness (QED) is 0.0531. The summed E-state index contributed by atoms with van der Waals surface area (Å²) >= 11 is 5.59. The smallest absolute Gasteiger partial charge is 0.306 e. The van der Waals surface area contributed by atoms with Crippen molar-refractivity contribution in [1.82, 2.24) is 0 Å². The summed E-state index contributed by atoms with van der Waals surface area (Å²) in [5.41, 5.74) is 3.50. The number of quaternary nitrogens is 1. The molecule has 0 fully saturated rings. The summed E-state index contributed by atoms with van der Waals surface area (Å²) in [6.07, 6.45) is 8.51. The lowest BCUT2D eigenvalue weighted by Gasteiger charge is -2.46. The lowest BCUT2D eigenvalue weighted by Crippen LogP contribution is -2.52. The fourth-order valence-corrected chi connectivity index (χ4v) is 6.15. The van der Waals surface area contributed by atoms with Crippen molar-refractivity contribution in [1.29, 1.82) is 0 Å². The molecule has 0 N–H and O–H groups in total. The Hall–Kier alpha value is -3.63. The van der Waals surface area contributed by atoms with Gasteiger partial charge in [-0.3, -0.25) is 9.59 Å². The largest absolute Gasteiger partial charge is 0.493 e. The van der Waals surface area contributed by atoms with E-state index in [-0.39, 0.29) is 18.0 Å². The van der Waals surface area contributed by atoms with E-state index in [1.807, 2.05) is 24.3 Å². The zero-order chi connectivity index (χ0) is 34.2. The zero-order valence-electron chi connectivity index (χ0n) is 28.7. The molecule has 0 aromatic heterocycles. The van der Waals surface area contributed by atoms with E-state index in [0.717, 1.165) is 41.7 Å². The van der Waals surface area contributed by atoms with Crippen molar-refractivity contribution in [2.75, 3.05) is 74.8 Å². The van der Waals surface area contributed by atoms with Gasteiger partial charge in [0.2, 0.25) is 5.75 Å². The molecule has 2 aromatic carbocycles. The second-order valence-electron chi connectivity index (χ2n) is 11.7. The third-order valence-corrected chi connectivity index (χ3v) is 8.88. The number of ether oxygens (including phenoxy) is 7. The minimum atomic E-state index is -0.239. The maximum absolute atomic E-state index is 12.4. The Morgan fingerprint density at radius 2 is 1.34 bits per heavy atom. The van der Waals surface area contributed by atoms with Crippen LogP contribution in [0.15, 0.2) is 36.4 Å². The van der Waals surface area contributed by atoms with Gasteiger partial charge in [0.05, 0.1) is 68.9 Å². The van der Waals surface area contributed by atoms with Gasteiger partial charge in [-0.1, -0.05) is 12.2 Å². The average molecular weight is 677 g/mol. The highest BCUT2D eigenvalue weighted by molar-refractivity contribution is 6.17. The number of nitrogens with zero attached hydrogens (tertiary/aromatic N) is 1. The number of alkyl halides is 1. The third kappa shape index (κ3) is 10.7. The molecule has 0 amide bonds. The Kier molecular flexibility index (Phi) is 15.5. The van der Waals surface area contributed by atoms with Gasteiger partial charge in [0.25, 0.3) is 0 Å². The van der Waals surface area contributed by atoms with Gasteiger partial charge in [-0.2, -0.15) is 0 Å². The van der Waals surface area contributed by atoms with Gasteiger partial charge >= 0.3 is 11.9 Å². The summed E-state index contributed by atoms with van der Waals surface area (Å²) in [4.78, 5) is 24.1. The van der Waals surface area contributed by atoms with Crippen molar-refractivity contribution >= 4 is 23.5 Å². The van der Waals surface area contributed by atoms with E-state index in [4.69, 9.17) is 44.8 Å². The molecular weight excluding hydrogens is 626 g/mol. The van der Waals surface area contributed by atoms with Crippen LogP contribution in [0.2, 0.25) is 0 Å². The zero-order valence-corrected chi connectivity index (χ0v) is 29.5. The van der Waals surface area contributed by atoms with Gasteiger partial charge in [-0.25, -0.2) is 0 Å². The molecule has 1 aliphatic heterocycles. The Morgan fingerprint density at radius 1 is 0.787 bits per heavy atom. The van der Waals surface area contributed by atoms with Crippen LogP contribution in [0.25, 0.3) is 0 Å². The second-order valence-corrected chi connectivity index (χ2v) is 12.1. The normalized spacial score (nSPS) is 17.1. The van der Waals surface area contributed by atoms with E-state index < -0.39 is 0 Å². The first-order valence-electron chi connectivity index (χ1n) is 16.1. The van der Waals surface area contributed by atoms with Crippen molar-refractivity contribution in [3.8, 4) is 28.7 Å². The topological polar surface area (TPSA) is 98.8 Å². The Labute approximate surface area is 284 Å². The van der Waals surface area contributed by atoms with Gasteiger partial charge in [0.15, 0.2) is 23.0 Å². The molecule has 2 atom stereocenters. The highest BCUT2D eigenvalue weighted by atomic mass is 35.5. The predicted molar refractivity (Wildman–Crippen MR) is 181 cm³/mol. The van der Waals surface area contributed by atoms with E-state index in [0.29, 0.717) is 80.6 Å². The molecule has 260 valence electrons. The van der Waals surface area contributed by atoms with E-state index in [1.54, 1.807) is 35.5 Å². The van der Waals surface area contributed by atoms with Gasteiger partial charge in [0, 0.05) is 43.5 Å². The highest BCUT2D eigenvalue weighted by Gasteiger charge is 2.40. The number of carbonyl (C=O) groups is 2. The van der Waals surface area contributed by atoms with Crippen molar-refractivity contribution in [3.63, 3.8) is 0 Å².